The predicted molar refractivity (Wildman–Crippen MR) is 54.4 cm³/mol. The fourth-order valence-electron chi connectivity index (χ4n) is 1.66. The van der Waals surface area contributed by atoms with E-state index >= 15 is 0 Å². The van der Waals surface area contributed by atoms with Crippen molar-refractivity contribution in [3.05, 3.63) is 0 Å². The van der Waals surface area contributed by atoms with Gasteiger partial charge in [0.25, 0.3) is 0 Å². The SMILES string of the molecule is CCOCC(O)CN(C)C1CCOC1. The lowest BCUT2D eigenvalue weighted by molar-refractivity contribution is 0.0174. The summed E-state index contributed by atoms with van der Waals surface area (Å²) in [5.41, 5.74) is 0. The Morgan fingerprint density at radius 2 is 2.43 bits per heavy atom. The van der Waals surface area contributed by atoms with Crippen LogP contribution in [0.2, 0.25) is 0 Å². The summed E-state index contributed by atoms with van der Waals surface area (Å²) in [6, 6.07) is 0.464. The molecule has 1 saturated heterocycles. The van der Waals surface area contributed by atoms with E-state index in [9.17, 15) is 5.11 Å². The molecule has 0 aromatic heterocycles. The number of hydrogen-bond acceptors (Lipinski definition) is 4. The van der Waals surface area contributed by atoms with E-state index in [0.717, 1.165) is 19.6 Å². The summed E-state index contributed by atoms with van der Waals surface area (Å²) in [4.78, 5) is 2.15. The van der Waals surface area contributed by atoms with Crippen LogP contribution in [0.15, 0.2) is 0 Å². The Morgan fingerprint density at radius 1 is 1.64 bits per heavy atom. The van der Waals surface area contributed by atoms with Crippen LogP contribution in [0.4, 0.5) is 0 Å². The van der Waals surface area contributed by atoms with Crippen molar-refractivity contribution in [1.82, 2.24) is 4.90 Å². The largest absolute Gasteiger partial charge is 0.389 e. The zero-order valence-corrected chi connectivity index (χ0v) is 9.11. The molecule has 0 spiro atoms. The minimum absolute atomic E-state index is 0.388. The van der Waals surface area contributed by atoms with E-state index in [1.807, 2.05) is 14.0 Å². The van der Waals surface area contributed by atoms with Crippen LogP contribution < -0.4 is 0 Å². The molecule has 1 N–H and O–H groups in total. The highest BCUT2D eigenvalue weighted by Crippen LogP contribution is 2.10. The van der Waals surface area contributed by atoms with Crippen LogP contribution in [-0.2, 0) is 9.47 Å². The van der Waals surface area contributed by atoms with Crippen molar-refractivity contribution in [2.45, 2.75) is 25.5 Å². The molecule has 2 unspecified atom stereocenters. The summed E-state index contributed by atoms with van der Waals surface area (Å²) in [6.07, 6.45) is 0.679. The maximum Gasteiger partial charge on any atom is 0.0900 e. The second-order valence-corrected chi connectivity index (χ2v) is 3.77. The van der Waals surface area contributed by atoms with E-state index in [1.54, 1.807) is 0 Å². The third kappa shape index (κ3) is 3.92. The summed E-state index contributed by atoms with van der Waals surface area (Å²) in [6.45, 7) is 5.31. The van der Waals surface area contributed by atoms with Crippen LogP contribution in [-0.4, -0.2) is 62.2 Å². The van der Waals surface area contributed by atoms with Crippen molar-refractivity contribution in [3.63, 3.8) is 0 Å². The minimum Gasteiger partial charge on any atom is -0.389 e. The van der Waals surface area contributed by atoms with Gasteiger partial charge < -0.3 is 14.6 Å². The van der Waals surface area contributed by atoms with Gasteiger partial charge in [-0.2, -0.15) is 0 Å². The predicted octanol–water partition coefficient (Wildman–Crippen LogP) is 0.104. The van der Waals surface area contributed by atoms with Crippen molar-refractivity contribution in [1.29, 1.82) is 0 Å². The Hall–Kier alpha value is -0.160. The fraction of sp³-hybridized carbons (Fsp3) is 1.00. The second kappa shape index (κ2) is 6.35. The first-order chi connectivity index (χ1) is 6.74. The number of aliphatic hydroxyl groups is 1. The molecule has 0 amide bonds. The number of ether oxygens (including phenoxy) is 2. The first-order valence-corrected chi connectivity index (χ1v) is 5.27. The van der Waals surface area contributed by atoms with Crippen molar-refractivity contribution in [3.8, 4) is 0 Å². The molecular weight excluding hydrogens is 182 g/mol. The van der Waals surface area contributed by atoms with Crippen molar-refractivity contribution in [2.75, 3.05) is 40.0 Å². The Balaban J connectivity index is 2.14. The van der Waals surface area contributed by atoms with Crippen LogP contribution in [0.3, 0.4) is 0 Å². The lowest BCUT2D eigenvalue weighted by Crippen LogP contribution is -2.39. The van der Waals surface area contributed by atoms with Gasteiger partial charge in [-0.05, 0) is 20.4 Å². The van der Waals surface area contributed by atoms with Crippen LogP contribution in [0.25, 0.3) is 0 Å². The van der Waals surface area contributed by atoms with Crippen LogP contribution in [0.5, 0.6) is 0 Å². The molecule has 1 rings (SSSR count). The summed E-state index contributed by atoms with van der Waals surface area (Å²) in [5, 5.41) is 9.60. The standard InChI is InChI=1S/C10H21NO3/c1-3-13-8-10(12)6-11(2)9-4-5-14-7-9/h9-10,12H,3-8H2,1-2H3. The topological polar surface area (TPSA) is 41.9 Å². The molecule has 0 bridgehead atoms. The molecule has 4 nitrogen and oxygen atoms in total. The maximum atomic E-state index is 9.60. The third-order valence-electron chi connectivity index (χ3n) is 2.54. The lowest BCUT2D eigenvalue weighted by atomic mass is 10.2. The van der Waals surface area contributed by atoms with Gasteiger partial charge in [-0.1, -0.05) is 0 Å². The van der Waals surface area contributed by atoms with Crippen LogP contribution >= 0.6 is 0 Å². The number of hydrogen-bond donors (Lipinski definition) is 1. The van der Waals surface area contributed by atoms with E-state index in [1.165, 1.54) is 0 Å². The first-order valence-electron chi connectivity index (χ1n) is 5.27. The molecule has 1 aliphatic heterocycles. The zero-order valence-electron chi connectivity index (χ0n) is 9.11. The number of rotatable bonds is 6. The summed E-state index contributed by atoms with van der Waals surface area (Å²) in [7, 11) is 2.02. The number of aliphatic hydroxyl groups excluding tert-OH is 1. The fourth-order valence-corrected chi connectivity index (χ4v) is 1.66. The molecule has 2 atom stereocenters. The summed E-state index contributed by atoms with van der Waals surface area (Å²) < 4.78 is 10.4. The number of likely N-dealkylation sites (N-methyl/N-ethyl adjacent to an activating group) is 1. The maximum absolute atomic E-state index is 9.60. The van der Waals surface area contributed by atoms with Gasteiger partial charge in [0.2, 0.25) is 0 Å². The normalized spacial score (nSPS) is 24.4. The van der Waals surface area contributed by atoms with Crippen molar-refractivity contribution < 1.29 is 14.6 Å². The molecule has 1 aliphatic rings. The summed E-state index contributed by atoms with van der Waals surface area (Å²) >= 11 is 0. The Labute approximate surface area is 85.8 Å². The van der Waals surface area contributed by atoms with Gasteiger partial charge in [-0.15, -0.1) is 0 Å². The van der Waals surface area contributed by atoms with E-state index in [-0.39, 0.29) is 6.10 Å². The van der Waals surface area contributed by atoms with Gasteiger partial charge in [0, 0.05) is 25.8 Å². The molecule has 0 radical (unpaired) electrons. The molecule has 14 heavy (non-hydrogen) atoms. The van der Waals surface area contributed by atoms with Gasteiger partial charge in [-0.3, -0.25) is 4.90 Å². The minimum atomic E-state index is -0.388. The Kier molecular flexibility index (Phi) is 5.40. The smallest absolute Gasteiger partial charge is 0.0900 e. The Bertz CT molecular complexity index is 148. The van der Waals surface area contributed by atoms with E-state index in [0.29, 0.717) is 25.8 Å². The van der Waals surface area contributed by atoms with Gasteiger partial charge in [-0.25, -0.2) is 0 Å². The molecule has 84 valence electrons. The average Bonchev–Trinajstić information content (AvgIpc) is 2.67. The van der Waals surface area contributed by atoms with Crippen LogP contribution in [0.1, 0.15) is 13.3 Å². The average molecular weight is 203 g/mol. The Morgan fingerprint density at radius 3 is 3.00 bits per heavy atom. The highest BCUT2D eigenvalue weighted by atomic mass is 16.5. The van der Waals surface area contributed by atoms with Gasteiger partial charge in [0.15, 0.2) is 0 Å². The molecular formula is C10H21NO3. The lowest BCUT2D eigenvalue weighted by Gasteiger charge is -2.25. The first kappa shape index (κ1) is 11.9. The zero-order chi connectivity index (χ0) is 10.4. The summed E-state index contributed by atoms with van der Waals surface area (Å²) in [5.74, 6) is 0. The van der Waals surface area contributed by atoms with Crippen molar-refractivity contribution >= 4 is 0 Å². The van der Waals surface area contributed by atoms with Gasteiger partial charge >= 0.3 is 0 Å². The third-order valence-corrected chi connectivity index (χ3v) is 2.54. The monoisotopic (exact) mass is 203 g/mol. The van der Waals surface area contributed by atoms with Crippen molar-refractivity contribution in [2.24, 2.45) is 0 Å². The van der Waals surface area contributed by atoms with Gasteiger partial charge in [0.05, 0.1) is 19.3 Å². The van der Waals surface area contributed by atoms with E-state index in [4.69, 9.17) is 9.47 Å². The molecule has 4 heteroatoms. The number of nitrogens with zero attached hydrogens (tertiary/aromatic N) is 1. The molecule has 0 aromatic rings. The second-order valence-electron chi connectivity index (χ2n) is 3.77. The van der Waals surface area contributed by atoms with E-state index < -0.39 is 0 Å². The van der Waals surface area contributed by atoms with Gasteiger partial charge in [0.1, 0.15) is 0 Å². The highest BCUT2D eigenvalue weighted by Gasteiger charge is 2.21. The molecule has 0 aromatic carbocycles. The molecule has 1 fully saturated rings. The highest BCUT2D eigenvalue weighted by molar-refractivity contribution is 4.74. The molecule has 0 aliphatic carbocycles. The molecule has 0 saturated carbocycles. The molecule has 1 heterocycles. The van der Waals surface area contributed by atoms with Crippen LogP contribution in [0, 0.1) is 0 Å². The quantitative estimate of drug-likeness (QED) is 0.665. The van der Waals surface area contributed by atoms with E-state index in [2.05, 4.69) is 4.90 Å².